The molecule has 2 heterocycles. The smallest absolute Gasteiger partial charge is 0.197 e. The van der Waals surface area contributed by atoms with Crippen LogP contribution < -0.4 is 4.98 Å². The molecule has 0 aliphatic carbocycles. The Morgan fingerprint density at radius 1 is 0.900 bits per heavy atom. The summed E-state index contributed by atoms with van der Waals surface area (Å²) in [6, 6.07) is 4.76. The number of hydrogen-bond donors (Lipinski definition) is 0. The van der Waals surface area contributed by atoms with Crippen LogP contribution in [0.15, 0.2) is 24.4 Å². The van der Waals surface area contributed by atoms with Crippen molar-refractivity contribution in [3.8, 4) is 11.5 Å². The molecule has 3 aromatic rings. The second-order valence-corrected chi connectivity index (χ2v) is 3.72. The molecule has 0 unspecified atom stereocenters. The van der Waals surface area contributed by atoms with E-state index in [9.17, 15) is 17.6 Å². The van der Waals surface area contributed by atoms with Gasteiger partial charge in [-0.2, -0.15) is 0 Å². The summed E-state index contributed by atoms with van der Waals surface area (Å²) in [6.07, 6.45) is 1.43. The number of fused-ring (bicyclic) bond motifs is 1. The van der Waals surface area contributed by atoms with Crippen LogP contribution in [0.25, 0.3) is 22.6 Å². The zero-order chi connectivity index (χ0) is 13.6. The summed E-state index contributed by atoms with van der Waals surface area (Å²) in [4.78, 5) is 11.2. The van der Waals surface area contributed by atoms with Gasteiger partial charge in [0.2, 0.25) is 0 Å². The first kappa shape index (κ1) is 14.7. The van der Waals surface area contributed by atoms with E-state index in [4.69, 9.17) is 0 Å². The van der Waals surface area contributed by atoms with Crippen molar-refractivity contribution in [2.45, 2.75) is 0 Å². The molecule has 2 aromatic heterocycles. The van der Waals surface area contributed by atoms with Crippen LogP contribution in [0.5, 0.6) is 0 Å². The maximum absolute atomic E-state index is 13.5. The molecule has 0 radical (unpaired) electrons. The van der Waals surface area contributed by atoms with Gasteiger partial charge in [0.25, 0.3) is 0 Å². The maximum atomic E-state index is 13.5. The fourth-order valence-electron chi connectivity index (χ4n) is 1.66. The van der Waals surface area contributed by atoms with E-state index in [1.807, 2.05) is 0 Å². The third-order valence-electron chi connectivity index (χ3n) is 2.55. The van der Waals surface area contributed by atoms with Crippen molar-refractivity contribution in [3.05, 3.63) is 47.7 Å². The molecule has 3 rings (SSSR count). The topological polar surface area (TPSA) is 39.9 Å². The quantitative estimate of drug-likeness (QED) is 0.318. The molecule has 8 heteroatoms. The largest absolute Gasteiger partial charge is 0.432 e. The molecule has 0 bridgehead atoms. The number of nitrogens with zero attached hydrogens (tertiary/aromatic N) is 3. The predicted octanol–water partition coefficient (Wildman–Crippen LogP) is 2.81. The Labute approximate surface area is 124 Å². The first-order valence-corrected chi connectivity index (χ1v) is 5.17. The van der Waals surface area contributed by atoms with Gasteiger partial charge in [0.1, 0.15) is 0 Å². The average Bonchev–Trinajstić information content (AvgIpc) is 2.89. The molecule has 0 aliphatic heterocycles. The second kappa shape index (κ2) is 5.32. The zero-order valence-electron chi connectivity index (χ0n) is 9.48. The molecular weight excluding hydrogens is 457 g/mol. The molecule has 0 atom stereocenters. The molecule has 1 aromatic carbocycles. The van der Waals surface area contributed by atoms with Crippen molar-refractivity contribution in [2.75, 3.05) is 0 Å². The number of imidazole rings is 1. The average molecular weight is 461 g/mol. The number of pyridine rings is 1. The van der Waals surface area contributed by atoms with Crippen LogP contribution in [-0.4, -0.2) is 9.97 Å². The van der Waals surface area contributed by atoms with E-state index in [0.29, 0.717) is 0 Å². The van der Waals surface area contributed by atoms with E-state index >= 15 is 0 Å². The summed E-state index contributed by atoms with van der Waals surface area (Å²) >= 11 is 0. The van der Waals surface area contributed by atoms with Crippen molar-refractivity contribution in [2.24, 2.45) is 0 Å². The summed E-state index contributed by atoms with van der Waals surface area (Å²) in [5.74, 6) is -7.04. The van der Waals surface area contributed by atoms with E-state index in [-0.39, 0.29) is 32.6 Å². The van der Waals surface area contributed by atoms with Crippen LogP contribution in [-0.2, 0) is 21.1 Å². The number of halogens is 4. The van der Waals surface area contributed by atoms with Crippen LogP contribution in [0.2, 0.25) is 0 Å². The molecule has 0 aliphatic rings. The third-order valence-corrected chi connectivity index (χ3v) is 2.55. The van der Waals surface area contributed by atoms with E-state index in [2.05, 4.69) is 15.0 Å². The monoisotopic (exact) mass is 461 g/mol. The minimum absolute atomic E-state index is 0. The Balaban J connectivity index is 0.00000147. The van der Waals surface area contributed by atoms with Gasteiger partial charge in [0.15, 0.2) is 23.3 Å². The van der Waals surface area contributed by atoms with E-state index in [1.54, 1.807) is 12.1 Å². The van der Waals surface area contributed by atoms with Gasteiger partial charge in [0, 0.05) is 38.3 Å². The standard InChI is InChI=1S/C12H4F4N3.Pt/c13-6-7(14)9(16)11-10(8(6)15)18-12(19-11)5-3-1-2-4-17-5;/h1-4H;/q-1;. The van der Waals surface area contributed by atoms with Gasteiger partial charge in [-0.3, -0.25) is 4.98 Å². The van der Waals surface area contributed by atoms with Crippen LogP contribution >= 0.6 is 0 Å². The van der Waals surface area contributed by atoms with Crippen LogP contribution in [0.1, 0.15) is 0 Å². The number of rotatable bonds is 1. The van der Waals surface area contributed by atoms with E-state index < -0.39 is 34.3 Å². The predicted molar refractivity (Wildman–Crippen MR) is 58.1 cm³/mol. The van der Waals surface area contributed by atoms with Crippen LogP contribution in [0.4, 0.5) is 17.6 Å². The van der Waals surface area contributed by atoms with Crippen molar-refractivity contribution >= 4 is 11.0 Å². The van der Waals surface area contributed by atoms with Crippen molar-refractivity contribution in [3.63, 3.8) is 0 Å². The van der Waals surface area contributed by atoms with Crippen molar-refractivity contribution < 1.29 is 38.6 Å². The fraction of sp³-hybridized carbons (Fsp3) is 0. The first-order valence-electron chi connectivity index (χ1n) is 5.17. The molecule has 0 saturated carbocycles. The van der Waals surface area contributed by atoms with Gasteiger partial charge < -0.3 is 9.97 Å². The molecule has 20 heavy (non-hydrogen) atoms. The third kappa shape index (κ3) is 2.12. The van der Waals surface area contributed by atoms with E-state index in [1.165, 1.54) is 12.3 Å². The Kier molecular flexibility index (Phi) is 3.90. The molecule has 0 saturated heterocycles. The zero-order valence-corrected chi connectivity index (χ0v) is 11.8. The van der Waals surface area contributed by atoms with Gasteiger partial charge in [-0.15, -0.1) is 0 Å². The molecule has 106 valence electrons. The fourth-order valence-corrected chi connectivity index (χ4v) is 1.66. The Morgan fingerprint density at radius 3 is 2.25 bits per heavy atom. The minimum Gasteiger partial charge on any atom is -0.432 e. The van der Waals surface area contributed by atoms with Gasteiger partial charge in [-0.1, -0.05) is 6.07 Å². The second-order valence-electron chi connectivity index (χ2n) is 3.72. The normalized spacial score (nSPS) is 10.6. The van der Waals surface area contributed by atoms with Crippen LogP contribution in [0.3, 0.4) is 0 Å². The minimum atomic E-state index is -1.91. The van der Waals surface area contributed by atoms with Gasteiger partial charge in [-0.05, 0) is 18.0 Å². The van der Waals surface area contributed by atoms with Crippen LogP contribution in [0, 0.1) is 23.3 Å². The molecule has 0 fully saturated rings. The Morgan fingerprint density at radius 2 is 1.60 bits per heavy atom. The van der Waals surface area contributed by atoms with Gasteiger partial charge >= 0.3 is 0 Å². The van der Waals surface area contributed by atoms with E-state index in [0.717, 1.165) is 0 Å². The molecule has 3 nitrogen and oxygen atoms in total. The Bertz CT molecular complexity index is 728. The Hall–Kier alpha value is -1.75. The first-order chi connectivity index (χ1) is 9.09. The maximum Gasteiger partial charge on any atom is 0.197 e. The van der Waals surface area contributed by atoms with Gasteiger partial charge in [0.05, 0.1) is 5.69 Å². The molecule has 0 amide bonds. The molecule has 0 N–H and O–H groups in total. The van der Waals surface area contributed by atoms with Gasteiger partial charge in [-0.25, -0.2) is 17.6 Å². The molecule has 0 spiro atoms. The van der Waals surface area contributed by atoms with Crippen molar-refractivity contribution in [1.82, 2.24) is 15.0 Å². The summed E-state index contributed by atoms with van der Waals surface area (Å²) in [6.45, 7) is 0. The SMILES string of the molecule is Fc1c(F)c(F)c2[n-]c(-c3ccccn3)nc2c1F.[Pt]. The summed E-state index contributed by atoms with van der Waals surface area (Å²) in [5, 5.41) is 0. The molecular formula is C12H4F4N3Pt-. The number of hydrogen-bond acceptors (Lipinski definition) is 2. The number of aromatic nitrogens is 3. The van der Waals surface area contributed by atoms with Crippen molar-refractivity contribution in [1.29, 1.82) is 0 Å². The summed E-state index contributed by atoms with van der Waals surface area (Å²) in [7, 11) is 0. The number of benzene rings is 1. The summed E-state index contributed by atoms with van der Waals surface area (Å²) < 4.78 is 53.0. The summed E-state index contributed by atoms with van der Waals surface area (Å²) in [5.41, 5.74) is -1.06.